The smallest absolute Gasteiger partial charge is 0.0669 e. The number of nitriles is 1. The summed E-state index contributed by atoms with van der Waals surface area (Å²) in [5.41, 5.74) is 2.53. The van der Waals surface area contributed by atoms with Gasteiger partial charge in [-0.25, -0.2) is 0 Å². The van der Waals surface area contributed by atoms with Crippen molar-refractivity contribution < 1.29 is 0 Å². The van der Waals surface area contributed by atoms with E-state index in [2.05, 4.69) is 37.3 Å². The van der Waals surface area contributed by atoms with E-state index in [1.54, 1.807) is 0 Å². The molecule has 92 valence electrons. The lowest BCUT2D eigenvalue weighted by Crippen LogP contribution is -1.88. The second-order valence-corrected chi connectivity index (χ2v) is 4.67. The Hall–Kier alpha value is -1.29. The minimum Gasteiger partial charge on any atom is -0.198 e. The summed E-state index contributed by atoms with van der Waals surface area (Å²) in [6.07, 6.45) is 9.80. The molecule has 0 aromatic heterocycles. The van der Waals surface area contributed by atoms with Gasteiger partial charge in [0.1, 0.15) is 0 Å². The third-order valence-corrected chi connectivity index (χ3v) is 3.13. The van der Waals surface area contributed by atoms with Gasteiger partial charge in [-0.3, -0.25) is 0 Å². The molecule has 0 radical (unpaired) electrons. The molecule has 0 fully saturated rings. The Balaban J connectivity index is 2.17. The van der Waals surface area contributed by atoms with Crippen LogP contribution in [0.4, 0.5) is 0 Å². The summed E-state index contributed by atoms with van der Waals surface area (Å²) in [7, 11) is 0. The quantitative estimate of drug-likeness (QED) is 0.595. The van der Waals surface area contributed by atoms with Gasteiger partial charge in [0.15, 0.2) is 0 Å². The number of nitrogens with zero attached hydrogens (tertiary/aromatic N) is 1. The van der Waals surface area contributed by atoms with Crippen LogP contribution in [0.5, 0.6) is 0 Å². The average Bonchev–Trinajstić information content (AvgIpc) is 2.36. The third kappa shape index (κ3) is 6.12. The second-order valence-electron chi connectivity index (χ2n) is 4.67. The van der Waals surface area contributed by atoms with Gasteiger partial charge < -0.3 is 0 Å². The standard InChI is InChI=1S/C16H23N/c1-2-3-4-5-6-7-8-15-9-11-16(12-10-15)13-14-17/h9-12H,2-8,13H2,1H3. The van der Waals surface area contributed by atoms with Gasteiger partial charge in [0.25, 0.3) is 0 Å². The molecule has 1 nitrogen and oxygen atoms in total. The number of benzene rings is 1. The largest absolute Gasteiger partial charge is 0.198 e. The van der Waals surface area contributed by atoms with E-state index in [1.165, 1.54) is 50.5 Å². The molecular formula is C16H23N. The third-order valence-electron chi connectivity index (χ3n) is 3.13. The molecule has 1 rings (SSSR count). The van der Waals surface area contributed by atoms with Crippen LogP contribution in [0.1, 0.15) is 56.6 Å². The van der Waals surface area contributed by atoms with Crippen molar-refractivity contribution >= 4 is 0 Å². The summed E-state index contributed by atoms with van der Waals surface area (Å²) in [6, 6.07) is 10.7. The van der Waals surface area contributed by atoms with E-state index in [1.807, 2.05) is 0 Å². The fourth-order valence-electron chi connectivity index (χ4n) is 2.02. The normalized spacial score (nSPS) is 10.1. The lowest BCUT2D eigenvalue weighted by atomic mass is 10.0. The average molecular weight is 229 g/mol. The van der Waals surface area contributed by atoms with Gasteiger partial charge in [-0.05, 0) is 24.0 Å². The summed E-state index contributed by atoms with van der Waals surface area (Å²) >= 11 is 0. The molecule has 1 aromatic rings. The van der Waals surface area contributed by atoms with E-state index in [9.17, 15) is 0 Å². The lowest BCUT2D eigenvalue weighted by molar-refractivity contribution is 0.607. The molecule has 0 atom stereocenters. The second kappa shape index (κ2) is 8.82. The van der Waals surface area contributed by atoms with Crippen LogP contribution < -0.4 is 0 Å². The molecule has 1 heteroatoms. The molecule has 0 aliphatic rings. The Morgan fingerprint density at radius 2 is 1.47 bits per heavy atom. The van der Waals surface area contributed by atoms with Gasteiger partial charge in [0.05, 0.1) is 12.5 Å². The van der Waals surface area contributed by atoms with Crippen LogP contribution >= 0.6 is 0 Å². The molecular weight excluding hydrogens is 206 g/mol. The highest BCUT2D eigenvalue weighted by atomic mass is 14.2. The first kappa shape index (κ1) is 13.8. The number of unbranched alkanes of at least 4 members (excludes halogenated alkanes) is 5. The van der Waals surface area contributed by atoms with Crippen molar-refractivity contribution in [3.63, 3.8) is 0 Å². The molecule has 0 unspecified atom stereocenters. The molecule has 0 spiro atoms. The van der Waals surface area contributed by atoms with Crippen LogP contribution in [0.2, 0.25) is 0 Å². The first-order chi connectivity index (χ1) is 8.36. The maximum Gasteiger partial charge on any atom is 0.0669 e. The Morgan fingerprint density at radius 3 is 2.12 bits per heavy atom. The number of rotatable bonds is 8. The van der Waals surface area contributed by atoms with Crippen LogP contribution in [0.15, 0.2) is 24.3 Å². The fraction of sp³-hybridized carbons (Fsp3) is 0.562. The van der Waals surface area contributed by atoms with Gasteiger partial charge in [-0.15, -0.1) is 0 Å². The Bertz CT molecular complexity index is 332. The van der Waals surface area contributed by atoms with Crippen molar-refractivity contribution in [1.29, 1.82) is 5.26 Å². The number of hydrogen-bond acceptors (Lipinski definition) is 1. The highest BCUT2D eigenvalue weighted by Gasteiger charge is 1.95. The minimum absolute atomic E-state index is 0.525. The fourth-order valence-corrected chi connectivity index (χ4v) is 2.02. The SMILES string of the molecule is CCCCCCCCc1ccc(CC#N)cc1. The summed E-state index contributed by atoms with van der Waals surface area (Å²) < 4.78 is 0. The van der Waals surface area contributed by atoms with E-state index in [-0.39, 0.29) is 0 Å². The van der Waals surface area contributed by atoms with Crippen molar-refractivity contribution in [2.24, 2.45) is 0 Å². The molecule has 0 aliphatic carbocycles. The van der Waals surface area contributed by atoms with Crippen molar-refractivity contribution in [3.05, 3.63) is 35.4 Å². The Kier molecular flexibility index (Phi) is 7.14. The maximum atomic E-state index is 8.58. The predicted octanol–water partition coefficient (Wildman–Crippen LogP) is 4.66. The van der Waals surface area contributed by atoms with E-state index in [0.717, 1.165) is 5.56 Å². The van der Waals surface area contributed by atoms with Crippen molar-refractivity contribution in [2.45, 2.75) is 58.3 Å². The topological polar surface area (TPSA) is 23.8 Å². The maximum absolute atomic E-state index is 8.58. The molecule has 0 amide bonds. The van der Waals surface area contributed by atoms with E-state index < -0.39 is 0 Å². The van der Waals surface area contributed by atoms with E-state index in [0.29, 0.717) is 6.42 Å². The van der Waals surface area contributed by atoms with Gasteiger partial charge in [0.2, 0.25) is 0 Å². The zero-order valence-electron chi connectivity index (χ0n) is 10.9. The molecule has 0 aliphatic heterocycles. The highest BCUT2D eigenvalue weighted by molar-refractivity contribution is 5.24. The highest BCUT2D eigenvalue weighted by Crippen LogP contribution is 2.11. The summed E-state index contributed by atoms with van der Waals surface area (Å²) in [5.74, 6) is 0. The van der Waals surface area contributed by atoms with Gasteiger partial charge in [-0.2, -0.15) is 5.26 Å². The number of aryl methyl sites for hydroxylation is 1. The first-order valence-corrected chi connectivity index (χ1v) is 6.81. The Morgan fingerprint density at radius 1 is 0.882 bits per heavy atom. The number of hydrogen-bond donors (Lipinski definition) is 0. The Labute approximate surface area is 105 Å². The van der Waals surface area contributed by atoms with Crippen LogP contribution in [0.25, 0.3) is 0 Å². The molecule has 0 saturated heterocycles. The summed E-state index contributed by atoms with van der Waals surface area (Å²) in [6.45, 7) is 2.25. The molecule has 0 N–H and O–H groups in total. The van der Waals surface area contributed by atoms with Gasteiger partial charge >= 0.3 is 0 Å². The zero-order chi connectivity index (χ0) is 12.3. The van der Waals surface area contributed by atoms with Gasteiger partial charge in [0, 0.05) is 0 Å². The summed E-state index contributed by atoms with van der Waals surface area (Å²) in [4.78, 5) is 0. The van der Waals surface area contributed by atoms with E-state index >= 15 is 0 Å². The molecule has 0 heterocycles. The molecule has 0 bridgehead atoms. The van der Waals surface area contributed by atoms with Crippen molar-refractivity contribution in [1.82, 2.24) is 0 Å². The van der Waals surface area contributed by atoms with Gasteiger partial charge in [-0.1, -0.05) is 63.3 Å². The van der Waals surface area contributed by atoms with Crippen LogP contribution in [-0.2, 0) is 12.8 Å². The predicted molar refractivity (Wildman–Crippen MR) is 72.8 cm³/mol. The molecule has 1 aromatic carbocycles. The lowest BCUT2D eigenvalue weighted by Gasteiger charge is -2.03. The van der Waals surface area contributed by atoms with Crippen molar-refractivity contribution in [3.8, 4) is 6.07 Å². The minimum atomic E-state index is 0.525. The molecule has 0 saturated carbocycles. The van der Waals surface area contributed by atoms with Crippen LogP contribution in [0.3, 0.4) is 0 Å². The summed E-state index contributed by atoms with van der Waals surface area (Å²) in [5, 5.41) is 8.58. The van der Waals surface area contributed by atoms with Crippen LogP contribution in [0, 0.1) is 11.3 Å². The molecule has 17 heavy (non-hydrogen) atoms. The van der Waals surface area contributed by atoms with Crippen LogP contribution in [-0.4, -0.2) is 0 Å². The first-order valence-electron chi connectivity index (χ1n) is 6.81. The zero-order valence-corrected chi connectivity index (χ0v) is 10.9. The monoisotopic (exact) mass is 229 g/mol. The van der Waals surface area contributed by atoms with E-state index in [4.69, 9.17) is 5.26 Å². The van der Waals surface area contributed by atoms with Crippen molar-refractivity contribution in [2.75, 3.05) is 0 Å².